The number of guanidine groups is 1. The Kier molecular flexibility index (Phi) is 9.91. The van der Waals surface area contributed by atoms with Gasteiger partial charge in [0.2, 0.25) is 10.0 Å². The maximum absolute atomic E-state index is 13.7. The van der Waals surface area contributed by atoms with Crippen LogP contribution in [-0.4, -0.2) is 64.3 Å². The van der Waals surface area contributed by atoms with Crippen LogP contribution in [0.2, 0.25) is 0 Å². The summed E-state index contributed by atoms with van der Waals surface area (Å²) >= 11 is 0. The molecule has 0 aromatic heterocycles. The number of morpholine rings is 1. The van der Waals surface area contributed by atoms with Gasteiger partial charge in [-0.1, -0.05) is 12.1 Å². The Morgan fingerprint density at radius 2 is 2.04 bits per heavy atom. The summed E-state index contributed by atoms with van der Waals surface area (Å²) in [5, 5.41) is 6.14. The monoisotopic (exact) mass is 514 g/mol. The van der Waals surface area contributed by atoms with Crippen LogP contribution in [0.15, 0.2) is 23.2 Å². The second kappa shape index (κ2) is 11.1. The van der Waals surface area contributed by atoms with E-state index in [-0.39, 0.29) is 48.1 Å². The number of aryl methyl sites for hydroxylation is 1. The van der Waals surface area contributed by atoms with E-state index in [1.54, 1.807) is 20.0 Å². The second-order valence-electron chi connectivity index (χ2n) is 6.20. The van der Waals surface area contributed by atoms with Gasteiger partial charge in [0.25, 0.3) is 0 Å². The van der Waals surface area contributed by atoms with E-state index in [4.69, 9.17) is 4.74 Å². The quantitative estimate of drug-likeness (QED) is 0.343. The molecule has 0 aliphatic carbocycles. The van der Waals surface area contributed by atoms with Crippen molar-refractivity contribution in [2.24, 2.45) is 4.99 Å². The molecule has 0 amide bonds. The number of hydrogen-bond acceptors (Lipinski definition) is 4. The third kappa shape index (κ3) is 7.16. The van der Waals surface area contributed by atoms with Gasteiger partial charge in [0.1, 0.15) is 5.82 Å². The van der Waals surface area contributed by atoms with Gasteiger partial charge in [-0.3, -0.25) is 4.99 Å². The van der Waals surface area contributed by atoms with Gasteiger partial charge < -0.3 is 15.4 Å². The highest BCUT2D eigenvalue weighted by Gasteiger charge is 2.23. The van der Waals surface area contributed by atoms with Crippen molar-refractivity contribution < 1.29 is 17.5 Å². The molecule has 27 heavy (non-hydrogen) atoms. The zero-order chi connectivity index (χ0) is 19.2. The van der Waals surface area contributed by atoms with Crippen LogP contribution in [0.3, 0.4) is 0 Å². The molecule has 0 saturated carbocycles. The van der Waals surface area contributed by atoms with E-state index in [9.17, 15) is 12.8 Å². The molecule has 1 atom stereocenters. The summed E-state index contributed by atoms with van der Waals surface area (Å²) in [6, 6.07) is 4.90. The third-order valence-electron chi connectivity index (χ3n) is 4.29. The molecule has 0 spiro atoms. The van der Waals surface area contributed by atoms with E-state index >= 15 is 0 Å². The van der Waals surface area contributed by atoms with Gasteiger partial charge in [-0.15, -0.1) is 24.0 Å². The summed E-state index contributed by atoms with van der Waals surface area (Å²) < 4.78 is 44.9. The van der Waals surface area contributed by atoms with Gasteiger partial charge in [-0.2, -0.15) is 4.31 Å². The number of sulfonamides is 1. The maximum Gasteiger partial charge on any atom is 0.215 e. The van der Waals surface area contributed by atoms with Crippen LogP contribution in [-0.2, 0) is 14.8 Å². The van der Waals surface area contributed by atoms with E-state index in [1.165, 1.54) is 10.4 Å². The van der Waals surface area contributed by atoms with Gasteiger partial charge in [-0.25, -0.2) is 12.8 Å². The predicted octanol–water partition coefficient (Wildman–Crippen LogP) is 1.64. The van der Waals surface area contributed by atoms with Crippen LogP contribution in [0.5, 0.6) is 0 Å². The summed E-state index contributed by atoms with van der Waals surface area (Å²) in [4.78, 5) is 4.10. The van der Waals surface area contributed by atoms with Crippen molar-refractivity contribution in [3.05, 3.63) is 35.1 Å². The lowest BCUT2D eigenvalue weighted by atomic mass is 10.1. The van der Waals surface area contributed by atoms with Crippen LogP contribution in [0.1, 0.15) is 24.1 Å². The van der Waals surface area contributed by atoms with Crippen molar-refractivity contribution in [2.45, 2.75) is 19.9 Å². The lowest BCUT2D eigenvalue weighted by molar-refractivity contribution is 0.0730. The van der Waals surface area contributed by atoms with Gasteiger partial charge >= 0.3 is 0 Å². The fourth-order valence-electron chi connectivity index (χ4n) is 2.61. The number of aliphatic imine (C=N–C) groups is 1. The van der Waals surface area contributed by atoms with Crippen molar-refractivity contribution in [3.8, 4) is 0 Å². The smallest absolute Gasteiger partial charge is 0.215 e. The van der Waals surface area contributed by atoms with Crippen molar-refractivity contribution in [1.29, 1.82) is 0 Å². The predicted molar refractivity (Wildman–Crippen MR) is 116 cm³/mol. The lowest BCUT2D eigenvalue weighted by Gasteiger charge is -2.26. The standard InChI is InChI=1S/C17H27FN4O3S.HI/c1-13-4-5-15(12-16(13)18)14(2)21-17(19-3)20-6-11-26(23,24)22-7-9-25-10-8-22;/h4-5,12,14H,6-11H2,1-3H3,(H2,19,20,21);1H. The molecule has 0 bridgehead atoms. The first-order valence-electron chi connectivity index (χ1n) is 8.62. The lowest BCUT2D eigenvalue weighted by Crippen LogP contribution is -2.45. The molecule has 1 heterocycles. The van der Waals surface area contributed by atoms with Crippen LogP contribution >= 0.6 is 24.0 Å². The molecule has 2 N–H and O–H groups in total. The second-order valence-corrected chi connectivity index (χ2v) is 8.29. The first kappa shape index (κ1) is 24.1. The molecule has 154 valence electrons. The summed E-state index contributed by atoms with van der Waals surface area (Å²) in [5.41, 5.74) is 1.38. The van der Waals surface area contributed by atoms with Crippen LogP contribution < -0.4 is 10.6 Å². The highest BCUT2D eigenvalue weighted by Crippen LogP contribution is 2.16. The van der Waals surface area contributed by atoms with E-state index in [0.29, 0.717) is 37.8 Å². The summed E-state index contributed by atoms with van der Waals surface area (Å²) in [6.07, 6.45) is 0. The zero-order valence-corrected chi connectivity index (χ0v) is 19.0. The maximum atomic E-state index is 13.7. The van der Waals surface area contributed by atoms with E-state index in [1.807, 2.05) is 13.0 Å². The summed E-state index contributed by atoms with van der Waals surface area (Å²) in [6.45, 7) is 5.49. The van der Waals surface area contributed by atoms with E-state index in [0.717, 1.165) is 5.56 Å². The Morgan fingerprint density at radius 1 is 1.37 bits per heavy atom. The average Bonchev–Trinajstić information content (AvgIpc) is 2.63. The topological polar surface area (TPSA) is 83.0 Å². The van der Waals surface area contributed by atoms with Crippen molar-refractivity contribution in [1.82, 2.24) is 14.9 Å². The summed E-state index contributed by atoms with van der Waals surface area (Å²) in [5.74, 6) is 0.188. The number of rotatable bonds is 6. The molecule has 1 aromatic carbocycles. The van der Waals surface area contributed by atoms with Crippen molar-refractivity contribution >= 4 is 40.0 Å². The minimum Gasteiger partial charge on any atom is -0.379 e. The Labute approximate surface area is 177 Å². The fourth-order valence-corrected chi connectivity index (χ4v) is 3.94. The Hall–Kier alpha value is -0.980. The average molecular weight is 514 g/mol. The van der Waals surface area contributed by atoms with E-state index in [2.05, 4.69) is 15.6 Å². The number of ether oxygens (including phenoxy) is 1. The van der Waals surface area contributed by atoms with Gasteiger partial charge in [0.05, 0.1) is 25.0 Å². The van der Waals surface area contributed by atoms with Gasteiger partial charge in [0, 0.05) is 26.7 Å². The molecule has 1 aliphatic heterocycles. The molecular formula is C17H28FIN4O3S. The summed E-state index contributed by atoms with van der Waals surface area (Å²) in [7, 11) is -1.71. The largest absolute Gasteiger partial charge is 0.379 e. The Bertz CT molecular complexity index is 740. The molecule has 1 saturated heterocycles. The SMILES string of the molecule is CN=C(NCCS(=O)(=O)N1CCOCC1)NC(C)c1ccc(C)c(F)c1.I. The molecule has 1 fully saturated rings. The minimum absolute atomic E-state index is 0. The number of halogens is 2. The fraction of sp³-hybridized carbons (Fsp3) is 0.588. The third-order valence-corrected chi connectivity index (χ3v) is 6.16. The molecule has 10 heteroatoms. The molecule has 1 aromatic rings. The van der Waals surface area contributed by atoms with Crippen LogP contribution in [0.4, 0.5) is 4.39 Å². The molecule has 1 unspecified atom stereocenters. The first-order valence-corrected chi connectivity index (χ1v) is 10.2. The molecule has 1 aliphatic rings. The normalized spacial score (nSPS) is 17.1. The zero-order valence-electron chi connectivity index (χ0n) is 15.9. The number of nitrogens with zero attached hydrogens (tertiary/aromatic N) is 2. The molecular weight excluding hydrogens is 486 g/mol. The minimum atomic E-state index is -3.32. The highest BCUT2D eigenvalue weighted by atomic mass is 127. The van der Waals surface area contributed by atoms with Gasteiger partial charge in [-0.05, 0) is 31.0 Å². The van der Waals surface area contributed by atoms with E-state index < -0.39 is 10.0 Å². The number of nitrogens with one attached hydrogen (secondary N) is 2. The Balaban J connectivity index is 0.00000364. The van der Waals surface area contributed by atoms with Gasteiger partial charge in [0.15, 0.2) is 5.96 Å². The Morgan fingerprint density at radius 3 is 2.63 bits per heavy atom. The number of hydrogen-bond donors (Lipinski definition) is 2. The first-order chi connectivity index (χ1) is 12.3. The molecule has 2 rings (SSSR count). The van der Waals surface area contributed by atoms with Crippen LogP contribution in [0, 0.1) is 12.7 Å². The van der Waals surface area contributed by atoms with Crippen molar-refractivity contribution in [2.75, 3.05) is 45.6 Å². The van der Waals surface area contributed by atoms with Crippen molar-refractivity contribution in [3.63, 3.8) is 0 Å². The highest BCUT2D eigenvalue weighted by molar-refractivity contribution is 14.0. The number of benzene rings is 1. The molecule has 7 nitrogen and oxygen atoms in total. The van der Waals surface area contributed by atoms with Crippen LogP contribution in [0.25, 0.3) is 0 Å². The molecule has 0 radical (unpaired) electrons.